The summed E-state index contributed by atoms with van der Waals surface area (Å²) in [5.74, 6) is -0.442. The Balaban J connectivity index is 0.000000313. The minimum absolute atomic E-state index is 0. The zero-order valence-electron chi connectivity index (χ0n) is 26.4. The molecule has 7 rings (SSSR count). The van der Waals surface area contributed by atoms with Gasteiger partial charge in [-0.1, -0.05) is 66.5 Å². The Bertz CT molecular complexity index is 1820. The fourth-order valence-electron chi connectivity index (χ4n) is 5.68. The van der Waals surface area contributed by atoms with Gasteiger partial charge in [0, 0.05) is 43.5 Å². The number of allylic oxidation sites excluding steroid dienone is 2. The average molecular weight is 729 g/mol. The zero-order chi connectivity index (χ0) is 31.2. The summed E-state index contributed by atoms with van der Waals surface area (Å²) in [7, 11) is 0. The first-order valence-electron chi connectivity index (χ1n) is 15.4. The molecule has 0 amide bonds. The molecule has 4 aromatic rings. The van der Waals surface area contributed by atoms with Crippen LogP contribution in [0, 0.1) is 12.9 Å². The van der Waals surface area contributed by atoms with Crippen LogP contribution in [-0.2, 0) is 20.1 Å². The first-order chi connectivity index (χ1) is 20.9. The predicted molar refractivity (Wildman–Crippen MR) is 156 cm³/mol. The fraction of sp³-hybridized carbons (Fsp3) is 0.257. The number of fused-ring (bicyclic) bond motifs is 4. The van der Waals surface area contributed by atoms with Gasteiger partial charge in [-0.15, -0.1) is 17.7 Å². The summed E-state index contributed by atoms with van der Waals surface area (Å²) in [6.45, 7) is -0.897. The number of aryl methyl sites for hydroxylation is 1. The SMILES string of the molecule is CC(=O)c1ccccc1O.[2H]C([2H])([2H])c1[c-]c(-c2nccc3cc(C4([2H])CCC(F)C4)ccc23)c2c(c1)C1C=CC=CC1O2.[Ir]. The monoisotopic (exact) mass is 729 g/mol. The number of ether oxygens (including phenoxy) is 1. The van der Waals surface area contributed by atoms with Crippen molar-refractivity contribution in [2.75, 3.05) is 0 Å². The van der Waals surface area contributed by atoms with E-state index in [-0.39, 0.29) is 55.6 Å². The number of nitrogens with zero attached hydrogens (tertiary/aromatic N) is 1. The van der Waals surface area contributed by atoms with Crippen molar-refractivity contribution in [3.63, 3.8) is 0 Å². The third kappa shape index (κ3) is 5.77. The first-order valence-corrected chi connectivity index (χ1v) is 13.4. The molecule has 0 saturated heterocycles. The molecule has 1 aliphatic heterocycles. The molecule has 3 aliphatic rings. The number of phenols is 1. The molecule has 211 valence electrons. The fourth-order valence-corrected chi connectivity index (χ4v) is 5.68. The molecule has 1 fully saturated rings. The van der Waals surface area contributed by atoms with Crippen molar-refractivity contribution in [3.8, 4) is 22.8 Å². The molecule has 4 nitrogen and oxygen atoms in total. The van der Waals surface area contributed by atoms with E-state index in [1.165, 1.54) is 13.0 Å². The number of alkyl halides is 1. The van der Waals surface area contributed by atoms with Crippen molar-refractivity contribution >= 4 is 16.6 Å². The third-order valence-electron chi connectivity index (χ3n) is 7.67. The largest absolute Gasteiger partial charge is 0.529 e. The maximum Gasteiger partial charge on any atom is 0.163 e. The number of carbonyl (C=O) groups is 1. The Labute approximate surface area is 258 Å². The van der Waals surface area contributed by atoms with Crippen LogP contribution in [0.3, 0.4) is 0 Å². The van der Waals surface area contributed by atoms with E-state index in [1.807, 2.05) is 48.6 Å². The molecule has 4 unspecified atom stereocenters. The summed E-state index contributed by atoms with van der Waals surface area (Å²) in [5, 5.41) is 10.7. The van der Waals surface area contributed by atoms with Crippen molar-refractivity contribution in [3.05, 3.63) is 113 Å². The number of para-hydroxylation sites is 1. The normalized spacial score (nSPS) is 25.3. The quantitative estimate of drug-likeness (QED) is 0.171. The zero-order valence-corrected chi connectivity index (χ0v) is 24.8. The topological polar surface area (TPSA) is 59.4 Å². The van der Waals surface area contributed by atoms with E-state index in [0.29, 0.717) is 35.4 Å². The van der Waals surface area contributed by atoms with Gasteiger partial charge in [-0.05, 0) is 78.4 Å². The molecule has 1 saturated carbocycles. The van der Waals surface area contributed by atoms with E-state index >= 15 is 0 Å². The van der Waals surface area contributed by atoms with Crippen molar-refractivity contribution < 1.29 is 44.6 Å². The van der Waals surface area contributed by atoms with Crippen molar-refractivity contribution in [1.82, 2.24) is 4.98 Å². The van der Waals surface area contributed by atoms with Crippen molar-refractivity contribution in [2.24, 2.45) is 0 Å². The second kappa shape index (κ2) is 12.1. The Hall–Kier alpha value is -3.60. The van der Waals surface area contributed by atoms with Gasteiger partial charge in [-0.3, -0.25) is 4.79 Å². The molecule has 2 aliphatic carbocycles. The number of Topliss-reactive ketones (excluding diaryl/α,β-unsaturated/α-hetero) is 1. The van der Waals surface area contributed by atoms with Gasteiger partial charge in [0.25, 0.3) is 0 Å². The minimum atomic E-state index is -2.32. The number of benzene rings is 3. The van der Waals surface area contributed by atoms with Crippen molar-refractivity contribution in [1.29, 1.82) is 0 Å². The first kappa shape index (κ1) is 24.0. The van der Waals surface area contributed by atoms with Crippen LogP contribution in [-0.4, -0.2) is 28.1 Å². The van der Waals surface area contributed by atoms with E-state index in [2.05, 4.69) is 11.1 Å². The second-order valence-electron chi connectivity index (χ2n) is 10.3. The molecule has 3 aromatic carbocycles. The number of ketones is 1. The van der Waals surface area contributed by atoms with Gasteiger partial charge in [0.05, 0.1) is 5.56 Å². The van der Waals surface area contributed by atoms with Gasteiger partial charge < -0.3 is 14.8 Å². The van der Waals surface area contributed by atoms with Gasteiger partial charge in [-0.25, -0.2) is 4.39 Å². The minimum Gasteiger partial charge on any atom is -0.529 e. The molecule has 2 heterocycles. The maximum absolute atomic E-state index is 13.9. The number of pyridine rings is 1. The number of hydrogen-bond acceptors (Lipinski definition) is 4. The second-order valence-corrected chi connectivity index (χ2v) is 10.3. The van der Waals surface area contributed by atoms with Crippen molar-refractivity contribution in [2.45, 2.75) is 57.1 Å². The smallest absolute Gasteiger partial charge is 0.163 e. The number of phenolic OH excluding ortho intramolecular Hbond substituents is 1. The van der Waals surface area contributed by atoms with Crippen LogP contribution in [0.2, 0.25) is 0 Å². The van der Waals surface area contributed by atoms with E-state index < -0.39 is 18.9 Å². The Kier molecular flexibility index (Phi) is 7.09. The van der Waals surface area contributed by atoms with E-state index in [9.17, 15) is 9.18 Å². The average Bonchev–Trinajstić information content (AvgIpc) is 3.56. The summed E-state index contributed by atoms with van der Waals surface area (Å²) < 4.78 is 53.0. The molecule has 1 radical (unpaired) electrons. The molecule has 1 aromatic heterocycles. The van der Waals surface area contributed by atoms with E-state index in [0.717, 1.165) is 21.9 Å². The van der Waals surface area contributed by atoms with Crippen LogP contribution in [0.4, 0.5) is 4.39 Å². The van der Waals surface area contributed by atoms with Crippen LogP contribution in [0.15, 0.2) is 85.1 Å². The Morgan fingerprint density at radius 2 is 1.98 bits per heavy atom. The van der Waals surface area contributed by atoms with Crippen LogP contribution >= 0.6 is 0 Å². The number of aromatic hydroxyl groups is 1. The van der Waals surface area contributed by atoms with Crippen LogP contribution < -0.4 is 4.74 Å². The molecule has 4 atom stereocenters. The van der Waals surface area contributed by atoms with Gasteiger partial charge in [0.15, 0.2) is 5.78 Å². The third-order valence-corrected chi connectivity index (χ3v) is 7.67. The molecule has 1 N–H and O–H groups in total. The predicted octanol–water partition coefficient (Wildman–Crippen LogP) is 8.18. The summed E-state index contributed by atoms with van der Waals surface area (Å²) in [4.78, 5) is 15.3. The molecule has 41 heavy (non-hydrogen) atoms. The number of rotatable bonds is 3. The maximum atomic E-state index is 13.9. The molecule has 0 spiro atoms. The standard InChI is InChI=1S/C27H23FNO.C8H8O2.Ir/c1-16-12-23-22-4-2-3-5-25(22)30-27(23)24(13-16)26-21-9-7-17(14-19(21)10-11-29-26)18-6-8-20(28)15-18;1-6(9)7-4-2-3-5-8(7)10;/h2-5,7,9-12,14,18,20,22,25H,6,8,15H2,1H3;2-5,10H,1H3;/q-1;;/i1D3,18D;;. The van der Waals surface area contributed by atoms with Gasteiger partial charge >= 0.3 is 0 Å². The number of aromatic nitrogens is 1. The van der Waals surface area contributed by atoms with Gasteiger partial charge in [0.2, 0.25) is 0 Å². The summed E-state index contributed by atoms with van der Waals surface area (Å²) in [5.41, 5.74) is 3.25. The summed E-state index contributed by atoms with van der Waals surface area (Å²) in [6, 6.07) is 18.9. The van der Waals surface area contributed by atoms with Gasteiger partial charge in [0.1, 0.15) is 18.0 Å². The summed E-state index contributed by atoms with van der Waals surface area (Å²) in [6.07, 6.45) is 9.53. The van der Waals surface area contributed by atoms with E-state index in [4.69, 9.17) is 15.3 Å². The van der Waals surface area contributed by atoms with E-state index in [1.54, 1.807) is 30.5 Å². The molecular formula is C35H31FIrNO3-. The summed E-state index contributed by atoms with van der Waals surface area (Å²) >= 11 is 0. The van der Waals surface area contributed by atoms with Crippen LogP contribution in [0.25, 0.3) is 22.0 Å². The number of carbonyl (C=O) groups excluding carboxylic acids is 1. The Morgan fingerprint density at radius 3 is 2.71 bits per heavy atom. The molecule has 0 bridgehead atoms. The molecule has 6 heteroatoms. The number of halogens is 1. The number of hydrogen-bond donors (Lipinski definition) is 1. The van der Waals surface area contributed by atoms with Crippen LogP contribution in [0.1, 0.15) is 70.5 Å². The van der Waals surface area contributed by atoms with Crippen LogP contribution in [0.5, 0.6) is 11.5 Å². The Morgan fingerprint density at radius 1 is 1.15 bits per heavy atom. The van der Waals surface area contributed by atoms with Gasteiger partial charge in [-0.2, -0.15) is 0 Å². The molecular weight excluding hydrogens is 694 g/mol.